The van der Waals surface area contributed by atoms with E-state index in [0.29, 0.717) is 12.6 Å². The van der Waals surface area contributed by atoms with Crippen LogP contribution < -0.4 is 5.73 Å². The largest absolute Gasteiger partial charge is 0.377 e. The van der Waals surface area contributed by atoms with Crippen LogP contribution in [0.15, 0.2) is 30.3 Å². The second-order valence-electron chi connectivity index (χ2n) is 6.20. The van der Waals surface area contributed by atoms with E-state index >= 15 is 0 Å². The van der Waals surface area contributed by atoms with E-state index in [1.54, 1.807) is 0 Å². The maximum absolute atomic E-state index is 6.06. The van der Waals surface area contributed by atoms with Crippen LogP contribution >= 0.6 is 0 Å². The van der Waals surface area contributed by atoms with Crippen molar-refractivity contribution in [1.29, 1.82) is 0 Å². The summed E-state index contributed by atoms with van der Waals surface area (Å²) >= 11 is 0. The minimum absolute atomic E-state index is 0.0434. The molecule has 0 aromatic heterocycles. The Labute approximate surface area is 123 Å². The number of likely N-dealkylation sites (N-methyl/N-ethyl adjacent to an activating group) is 1. The van der Waals surface area contributed by atoms with Crippen LogP contribution in [-0.2, 0) is 11.2 Å². The van der Waals surface area contributed by atoms with Crippen molar-refractivity contribution in [3.05, 3.63) is 35.9 Å². The molecule has 2 unspecified atom stereocenters. The highest BCUT2D eigenvalue weighted by molar-refractivity contribution is 5.15. The zero-order valence-corrected chi connectivity index (χ0v) is 12.8. The molecule has 0 aliphatic carbocycles. The number of hydrogen-bond donors (Lipinski definition) is 1. The molecule has 0 spiro atoms. The Kier molecular flexibility index (Phi) is 5.58. The van der Waals surface area contributed by atoms with Crippen LogP contribution in [-0.4, -0.2) is 43.3 Å². The lowest BCUT2D eigenvalue weighted by Crippen LogP contribution is -2.52. The van der Waals surface area contributed by atoms with Crippen molar-refractivity contribution in [1.82, 2.24) is 4.90 Å². The first-order valence-electron chi connectivity index (χ1n) is 7.71. The summed E-state index contributed by atoms with van der Waals surface area (Å²) in [5, 5.41) is 0. The summed E-state index contributed by atoms with van der Waals surface area (Å²) in [5.74, 6) is 0. The molecule has 2 atom stereocenters. The third kappa shape index (κ3) is 4.05. The number of aryl methyl sites for hydroxylation is 1. The molecular weight excluding hydrogens is 248 g/mol. The van der Waals surface area contributed by atoms with Crippen LogP contribution in [0.2, 0.25) is 0 Å². The molecule has 1 aromatic rings. The fraction of sp³-hybridized carbons (Fsp3) is 0.647. The molecule has 3 heteroatoms. The van der Waals surface area contributed by atoms with Crippen molar-refractivity contribution >= 4 is 0 Å². The molecule has 2 N–H and O–H groups in total. The Morgan fingerprint density at radius 2 is 2.10 bits per heavy atom. The average molecular weight is 276 g/mol. The molecular formula is C17H28N2O. The first kappa shape index (κ1) is 15.5. The smallest absolute Gasteiger partial charge is 0.0702 e. The molecule has 1 heterocycles. The normalized spacial score (nSPS) is 22.1. The second kappa shape index (κ2) is 7.21. The van der Waals surface area contributed by atoms with Crippen molar-refractivity contribution in [2.75, 3.05) is 26.7 Å². The number of nitrogens with two attached hydrogens (primary N) is 1. The van der Waals surface area contributed by atoms with Gasteiger partial charge in [-0.25, -0.2) is 0 Å². The fourth-order valence-corrected chi connectivity index (χ4v) is 2.82. The van der Waals surface area contributed by atoms with Crippen LogP contribution in [0.5, 0.6) is 0 Å². The molecule has 1 aromatic carbocycles. The zero-order valence-electron chi connectivity index (χ0n) is 12.8. The van der Waals surface area contributed by atoms with E-state index in [2.05, 4.69) is 49.2 Å². The van der Waals surface area contributed by atoms with E-state index in [1.807, 2.05) is 0 Å². The van der Waals surface area contributed by atoms with E-state index < -0.39 is 0 Å². The Balaban J connectivity index is 1.89. The highest BCUT2D eigenvalue weighted by atomic mass is 16.5. The SMILES string of the molecule is CN(CC1CCCO1)C(C)(CN)CCc1ccccc1. The number of benzene rings is 1. The number of nitrogens with zero attached hydrogens (tertiary/aromatic N) is 1. The molecule has 0 amide bonds. The Morgan fingerprint density at radius 1 is 1.35 bits per heavy atom. The Bertz CT molecular complexity index is 389. The molecule has 112 valence electrons. The van der Waals surface area contributed by atoms with Gasteiger partial charge in [-0.15, -0.1) is 0 Å². The van der Waals surface area contributed by atoms with Gasteiger partial charge in [-0.05, 0) is 45.2 Å². The summed E-state index contributed by atoms with van der Waals surface area (Å²) in [5.41, 5.74) is 7.49. The summed E-state index contributed by atoms with van der Waals surface area (Å²) in [7, 11) is 2.18. The molecule has 1 saturated heterocycles. The minimum Gasteiger partial charge on any atom is -0.377 e. The average Bonchev–Trinajstić information content (AvgIpc) is 2.98. The third-order valence-electron chi connectivity index (χ3n) is 4.66. The predicted molar refractivity (Wildman–Crippen MR) is 83.8 cm³/mol. The van der Waals surface area contributed by atoms with Crippen LogP contribution in [0.3, 0.4) is 0 Å². The number of hydrogen-bond acceptors (Lipinski definition) is 3. The van der Waals surface area contributed by atoms with Gasteiger partial charge in [0.25, 0.3) is 0 Å². The molecule has 1 fully saturated rings. The first-order valence-corrected chi connectivity index (χ1v) is 7.71. The monoisotopic (exact) mass is 276 g/mol. The summed E-state index contributed by atoms with van der Waals surface area (Å²) in [6.45, 7) is 4.86. The van der Waals surface area contributed by atoms with E-state index in [-0.39, 0.29) is 5.54 Å². The van der Waals surface area contributed by atoms with E-state index in [4.69, 9.17) is 10.5 Å². The van der Waals surface area contributed by atoms with Crippen LogP contribution in [0, 0.1) is 0 Å². The summed E-state index contributed by atoms with van der Waals surface area (Å²) in [6, 6.07) is 10.7. The second-order valence-corrected chi connectivity index (χ2v) is 6.20. The van der Waals surface area contributed by atoms with Gasteiger partial charge in [-0.3, -0.25) is 4.90 Å². The van der Waals surface area contributed by atoms with Gasteiger partial charge >= 0.3 is 0 Å². The Morgan fingerprint density at radius 3 is 2.70 bits per heavy atom. The molecule has 1 aliphatic rings. The van der Waals surface area contributed by atoms with Crippen molar-refractivity contribution in [2.24, 2.45) is 5.73 Å². The summed E-state index contributed by atoms with van der Waals surface area (Å²) in [4.78, 5) is 2.39. The first-order chi connectivity index (χ1) is 9.64. The van der Waals surface area contributed by atoms with Crippen LogP contribution in [0.1, 0.15) is 31.7 Å². The zero-order chi connectivity index (χ0) is 14.4. The maximum atomic E-state index is 6.06. The summed E-state index contributed by atoms with van der Waals surface area (Å²) < 4.78 is 5.74. The lowest BCUT2D eigenvalue weighted by molar-refractivity contribution is 0.0403. The Hall–Kier alpha value is -0.900. The van der Waals surface area contributed by atoms with Crippen LogP contribution in [0.25, 0.3) is 0 Å². The molecule has 20 heavy (non-hydrogen) atoms. The highest BCUT2D eigenvalue weighted by Gasteiger charge is 2.30. The topological polar surface area (TPSA) is 38.5 Å². The van der Waals surface area contributed by atoms with Crippen molar-refractivity contribution in [2.45, 2.75) is 44.2 Å². The van der Waals surface area contributed by atoms with Gasteiger partial charge < -0.3 is 10.5 Å². The molecule has 2 rings (SSSR count). The van der Waals surface area contributed by atoms with Gasteiger partial charge in [-0.1, -0.05) is 30.3 Å². The molecule has 0 radical (unpaired) electrons. The fourth-order valence-electron chi connectivity index (χ4n) is 2.82. The predicted octanol–water partition coefficient (Wildman–Crippen LogP) is 2.45. The standard InChI is InChI=1S/C17H28N2O/c1-17(14-18,11-10-15-7-4-3-5-8-15)19(2)13-16-9-6-12-20-16/h3-5,7-8,16H,6,9-14,18H2,1-2H3. The van der Waals surface area contributed by atoms with Crippen molar-refractivity contribution in [3.8, 4) is 0 Å². The summed E-state index contributed by atoms with van der Waals surface area (Å²) in [6.07, 6.45) is 4.93. The quantitative estimate of drug-likeness (QED) is 0.831. The van der Waals surface area contributed by atoms with E-state index in [1.165, 1.54) is 18.4 Å². The van der Waals surface area contributed by atoms with Gasteiger partial charge in [0.1, 0.15) is 0 Å². The van der Waals surface area contributed by atoms with Gasteiger partial charge in [0.2, 0.25) is 0 Å². The number of rotatable bonds is 7. The van der Waals surface area contributed by atoms with Crippen LogP contribution in [0.4, 0.5) is 0 Å². The maximum Gasteiger partial charge on any atom is 0.0702 e. The molecule has 1 aliphatic heterocycles. The van der Waals surface area contributed by atoms with Crippen molar-refractivity contribution in [3.63, 3.8) is 0 Å². The molecule has 3 nitrogen and oxygen atoms in total. The van der Waals surface area contributed by atoms with Gasteiger partial charge in [0.15, 0.2) is 0 Å². The van der Waals surface area contributed by atoms with Gasteiger partial charge in [0.05, 0.1) is 6.10 Å². The third-order valence-corrected chi connectivity index (χ3v) is 4.66. The van der Waals surface area contributed by atoms with Gasteiger partial charge in [0, 0.05) is 25.2 Å². The number of ether oxygens (including phenoxy) is 1. The minimum atomic E-state index is 0.0434. The highest BCUT2D eigenvalue weighted by Crippen LogP contribution is 2.22. The van der Waals surface area contributed by atoms with Crippen molar-refractivity contribution < 1.29 is 4.74 Å². The molecule has 0 bridgehead atoms. The van der Waals surface area contributed by atoms with E-state index in [0.717, 1.165) is 26.0 Å². The molecule has 0 saturated carbocycles. The lowest BCUT2D eigenvalue weighted by atomic mass is 9.91. The van der Waals surface area contributed by atoms with E-state index in [9.17, 15) is 0 Å². The van der Waals surface area contributed by atoms with Gasteiger partial charge in [-0.2, -0.15) is 0 Å². The lowest BCUT2D eigenvalue weighted by Gasteiger charge is -2.39.